The minimum atomic E-state index is -4.87. The number of rotatable bonds is 14. The molecule has 0 unspecified atom stereocenters. The van der Waals surface area contributed by atoms with Gasteiger partial charge in [-0.25, -0.2) is 22.8 Å². The zero-order valence-corrected chi connectivity index (χ0v) is 62.5. The number of ketones is 2. The van der Waals surface area contributed by atoms with Crippen LogP contribution in [0.25, 0.3) is 16.8 Å². The van der Waals surface area contributed by atoms with E-state index in [0.29, 0.717) is 60.5 Å². The minimum absolute atomic E-state index is 0. The van der Waals surface area contributed by atoms with Crippen molar-refractivity contribution in [3.05, 3.63) is 183 Å². The number of ether oxygens (including phenoxy) is 2. The number of nitrogens with zero attached hydrogens (tertiary/aromatic N) is 4. The summed E-state index contributed by atoms with van der Waals surface area (Å²) in [5.41, 5.74) is 5.87. The Morgan fingerprint density at radius 3 is 1.48 bits per heavy atom. The summed E-state index contributed by atoms with van der Waals surface area (Å²) in [5.74, 6) is -6.87. The molecule has 0 bridgehead atoms. The number of piperidine rings is 3. The zero-order chi connectivity index (χ0) is 70.9. The van der Waals surface area contributed by atoms with Crippen LogP contribution in [0.15, 0.2) is 121 Å². The molecule has 0 spiro atoms. The van der Waals surface area contributed by atoms with Gasteiger partial charge < -0.3 is 66.4 Å². The van der Waals surface area contributed by atoms with Gasteiger partial charge in [-0.15, -0.1) is 0 Å². The van der Waals surface area contributed by atoms with Crippen LogP contribution in [0.2, 0.25) is 0 Å². The number of Topliss-reactive ketones (excluding diaryl/α,β-unsaturated/α-hetero) is 2. The van der Waals surface area contributed by atoms with Gasteiger partial charge in [0.15, 0.2) is 11.6 Å². The number of H-pyrrole nitrogens is 2. The maximum Gasteiger partial charge on any atom is 1.00 e. The number of halogens is 10. The van der Waals surface area contributed by atoms with E-state index >= 15 is 0 Å². The molecule has 0 saturated carbocycles. The van der Waals surface area contributed by atoms with E-state index in [2.05, 4.69) is 53.0 Å². The summed E-state index contributed by atoms with van der Waals surface area (Å²) in [7, 11) is 0. The van der Waals surface area contributed by atoms with Crippen molar-refractivity contribution in [1.29, 1.82) is 0 Å². The predicted octanol–water partition coefficient (Wildman–Crippen LogP) is 4.53. The van der Waals surface area contributed by atoms with Crippen LogP contribution in [-0.4, -0.2) is 152 Å². The van der Waals surface area contributed by atoms with E-state index in [1.807, 2.05) is 24.3 Å². The number of aromatic amines is 2. The average molecular weight is 1520 g/mol. The second-order valence-electron chi connectivity index (χ2n) is 21.5. The molecule has 7 heterocycles. The fourth-order valence-corrected chi connectivity index (χ4v) is 10.7. The summed E-state index contributed by atoms with van der Waals surface area (Å²) in [6, 6.07) is 25.4. The van der Waals surface area contributed by atoms with Crippen molar-refractivity contribution >= 4 is 69.2 Å². The molecule has 3 saturated heterocycles. The number of hydrogen-bond donors (Lipinski definition) is 5. The number of carbonyl (C=O) groups excluding carboxylic acids is 7. The standard InChI is InChI=1S/C22H22F4N2O4.C18H18FN3O.C15H15BrF3NO2.C7H8FNO2.C2H4O2.CH2O3.2K.H3N.H/c1-2-32-20(30)18-11-17(23)12-28(18)13-19(29)16-5-3-14(4-6-16)15-7-9-27(10-8-15)21(31)22(24,25)26;19-15-9-17-18(23)21-16(11-22(17)10-15)14-3-1-12(2-4-14)13-5-7-20-8-6-13;16-9-13(21)12-3-1-10(2-4-12)11-5-7-20(8-6-11)14(22)15(17,18)19;1-2-11-7(10)6-3-5(8)4-9-6;1-2(3)4;2-1-4-3;;;;/h3-6,11-12,15H,2,7-10,13H2,1H3;1-4,9-11,13,20H,5-8H2,(H,21,23);1-4,11H,5-9H2;3-4,9H,2H2,1H3;1H3,(H,3,4);1,3H;;;1H3;/q;;;;;;2*+1;;-1/p-1. The first-order chi connectivity index (χ1) is 45.5. The summed E-state index contributed by atoms with van der Waals surface area (Å²) < 4.78 is 126. The van der Waals surface area contributed by atoms with Crippen LogP contribution in [0, 0.1) is 17.5 Å². The van der Waals surface area contributed by atoms with Gasteiger partial charge in [0, 0.05) is 87.2 Å². The van der Waals surface area contributed by atoms with Gasteiger partial charge >= 0.3 is 139 Å². The van der Waals surface area contributed by atoms with Gasteiger partial charge in [-0.3, -0.25) is 33.6 Å². The maximum atomic E-state index is 13.6. The zero-order valence-electron chi connectivity index (χ0n) is 55.6. The summed E-state index contributed by atoms with van der Waals surface area (Å²) in [6.45, 7) is 6.73. The van der Waals surface area contributed by atoms with E-state index in [9.17, 15) is 73.1 Å². The molecule has 22 nitrogen and oxygen atoms in total. The van der Waals surface area contributed by atoms with Gasteiger partial charge in [-0.2, -0.15) is 26.3 Å². The van der Waals surface area contributed by atoms with Gasteiger partial charge in [0.25, 0.3) is 18.0 Å². The Hall–Kier alpha value is -6.13. The molecule has 4 aromatic heterocycles. The van der Waals surface area contributed by atoms with Gasteiger partial charge in [0.1, 0.15) is 34.4 Å². The average Bonchev–Trinajstić information content (AvgIpc) is 1.82. The Labute approximate surface area is 657 Å². The molecule has 99 heavy (non-hydrogen) atoms. The molecule has 3 aliphatic rings. The minimum Gasteiger partial charge on any atom is -1.00 e. The van der Waals surface area contributed by atoms with Crippen LogP contribution in [0.4, 0.5) is 39.5 Å². The number of amides is 2. The topological polar surface area (TPSA) is 319 Å². The van der Waals surface area contributed by atoms with E-state index in [-0.39, 0.29) is 202 Å². The molecule has 0 aliphatic carbocycles. The van der Waals surface area contributed by atoms with E-state index in [0.717, 1.165) is 83.9 Å². The Morgan fingerprint density at radius 2 is 1.07 bits per heavy atom. The van der Waals surface area contributed by atoms with Gasteiger partial charge in [-0.1, -0.05) is 88.7 Å². The van der Waals surface area contributed by atoms with E-state index in [1.165, 1.54) is 26.8 Å². The van der Waals surface area contributed by atoms with Gasteiger partial charge in [-0.05, 0) is 105 Å². The SMILES string of the molecule is CC(=O)O.CCOC(=O)c1cc(F)c[nH]1.CCOC(=O)c1cc(F)cn1CC(=O)c1ccc(C2CCN(C(=O)C(F)(F)F)CC2)cc1.N.O=C(CBr)c1ccc(C2CCN(C(=O)C(F)(F)F)CC2)cc1.O=CO[O-].O=c1[nH]c(-c2ccc(C3CCNCC3)cc2)cn2cc(F)cc12.[H-].[K+].[K+]. The van der Waals surface area contributed by atoms with Crippen molar-refractivity contribution in [2.24, 2.45) is 0 Å². The number of aliphatic carboxylic acids is 1. The fraction of sp³-hybridized carbons (Fsp3) is 0.369. The van der Waals surface area contributed by atoms with Crippen molar-refractivity contribution in [3.63, 3.8) is 0 Å². The van der Waals surface area contributed by atoms with E-state index in [1.54, 1.807) is 56.4 Å². The molecular weight excluding hydrogens is 1450 g/mol. The molecule has 2 amide bonds. The van der Waals surface area contributed by atoms with Gasteiger partial charge in [0.05, 0.1) is 30.8 Å². The van der Waals surface area contributed by atoms with Crippen molar-refractivity contribution in [2.45, 2.75) is 95.9 Å². The molecule has 3 aliphatic heterocycles. The van der Waals surface area contributed by atoms with E-state index in [4.69, 9.17) is 24.7 Å². The number of hydrogen-bond acceptors (Lipinski definition) is 15. The van der Waals surface area contributed by atoms with Crippen molar-refractivity contribution in [1.82, 2.24) is 40.2 Å². The Kier molecular flexibility index (Phi) is 39.2. The monoisotopic (exact) mass is 1520 g/mol. The molecule has 0 atom stereocenters. The fourth-order valence-electron chi connectivity index (χ4n) is 10.4. The maximum absolute atomic E-state index is 13.6. The number of nitrogens with one attached hydrogen (secondary N) is 3. The number of esters is 2. The van der Waals surface area contributed by atoms with Crippen LogP contribution >= 0.6 is 15.9 Å². The molecule has 3 aromatic carbocycles. The molecule has 7 N–H and O–H groups in total. The van der Waals surface area contributed by atoms with Crippen LogP contribution in [0.3, 0.4) is 0 Å². The number of benzene rings is 3. The first-order valence-electron chi connectivity index (χ1n) is 29.7. The molecule has 34 heteroatoms. The van der Waals surface area contributed by atoms with Crippen molar-refractivity contribution in [3.8, 4) is 11.3 Å². The largest absolute Gasteiger partial charge is 1.00 e. The normalized spacial score (nSPS) is 13.8. The number of alkyl halides is 7. The smallest absolute Gasteiger partial charge is 1.00 e. The third-order valence-corrected chi connectivity index (χ3v) is 15.5. The Balaban J connectivity index is 0.000000659. The van der Waals surface area contributed by atoms with Crippen LogP contribution < -0.4 is 125 Å². The summed E-state index contributed by atoms with van der Waals surface area (Å²) in [6.07, 6.45) is -0.370. The van der Waals surface area contributed by atoms with Crippen LogP contribution in [0.1, 0.15) is 137 Å². The molecule has 528 valence electrons. The van der Waals surface area contributed by atoms with Crippen LogP contribution in [0.5, 0.6) is 0 Å². The first kappa shape index (κ1) is 89.0. The number of carboxylic acid groups (broad SMARTS) is 1. The van der Waals surface area contributed by atoms with Crippen molar-refractivity contribution < 1.29 is 207 Å². The number of carboxylic acids is 1. The third kappa shape index (κ3) is 28.3. The first-order valence-corrected chi connectivity index (χ1v) is 30.9. The third-order valence-electron chi connectivity index (χ3n) is 15.0. The van der Waals surface area contributed by atoms with Crippen LogP contribution in [-0.2, 0) is 40.1 Å². The Morgan fingerprint density at radius 1 is 0.646 bits per heavy atom. The van der Waals surface area contributed by atoms with E-state index < -0.39 is 59.5 Å². The van der Waals surface area contributed by atoms with Gasteiger partial charge in [0.2, 0.25) is 0 Å². The quantitative estimate of drug-likeness (QED) is 0.0146. The summed E-state index contributed by atoms with van der Waals surface area (Å²) >= 11 is 3.10. The molecular formula is C65H72BrF9K2N8O14. The number of fused-ring (bicyclic) bond motifs is 1. The number of likely N-dealkylation sites (tertiary alicyclic amines) is 2. The number of carbonyl (C=O) groups is 8. The number of aromatic nitrogens is 4. The molecule has 0 radical (unpaired) electrons. The molecule has 7 aromatic rings. The predicted molar refractivity (Wildman–Crippen MR) is 336 cm³/mol. The second kappa shape index (κ2) is 43.6. The summed E-state index contributed by atoms with van der Waals surface area (Å²) in [4.78, 5) is 109. The molecule has 10 rings (SSSR count). The Bertz CT molecular complexity index is 3800. The summed E-state index contributed by atoms with van der Waals surface area (Å²) in [5, 5.41) is 19.5. The second-order valence-corrected chi connectivity index (χ2v) is 22.1. The molecule has 3 fully saturated rings. The van der Waals surface area contributed by atoms with Crippen molar-refractivity contribution in [2.75, 3.05) is 57.8 Å².